The summed E-state index contributed by atoms with van der Waals surface area (Å²) in [6, 6.07) is 0. The molecule has 0 aliphatic carbocycles. The lowest BCUT2D eigenvalue weighted by Crippen LogP contribution is -2.44. The van der Waals surface area contributed by atoms with Gasteiger partial charge in [-0.3, -0.25) is 0 Å². The van der Waals surface area contributed by atoms with Gasteiger partial charge >= 0.3 is 5.97 Å². The number of aliphatic hydroxyl groups is 2. The topological polar surface area (TPSA) is 76.0 Å². The predicted molar refractivity (Wildman–Crippen MR) is 134 cm³/mol. The second-order valence-electron chi connectivity index (χ2n) is 10.5. The number of carbonyl (C=O) groups is 1. The molecule has 1 aliphatic heterocycles. The van der Waals surface area contributed by atoms with Crippen molar-refractivity contribution in [2.24, 2.45) is 0 Å². The summed E-state index contributed by atoms with van der Waals surface area (Å²) < 4.78 is 12.1. The maximum absolute atomic E-state index is 12.4. The monoisotopic (exact) mass is 464 g/mol. The molecule has 1 rings (SSSR count). The summed E-state index contributed by atoms with van der Waals surface area (Å²) in [6.07, 6.45) is 8.05. The lowest BCUT2D eigenvalue weighted by Gasteiger charge is -2.39. The van der Waals surface area contributed by atoms with Gasteiger partial charge in [0.15, 0.2) is 14.4 Å². The molecule has 0 aromatic carbocycles. The maximum Gasteiger partial charge on any atom is 0.337 e. The van der Waals surface area contributed by atoms with E-state index in [4.69, 9.17) is 14.3 Å². The van der Waals surface area contributed by atoms with Crippen molar-refractivity contribution in [3.05, 3.63) is 46.6 Å². The smallest absolute Gasteiger partial charge is 0.337 e. The van der Waals surface area contributed by atoms with Gasteiger partial charge in [0, 0.05) is 0 Å². The number of ether oxygens (including phenoxy) is 1. The zero-order valence-corrected chi connectivity index (χ0v) is 22.5. The Kier molecular flexibility index (Phi) is 10.8. The maximum atomic E-state index is 12.4. The van der Waals surface area contributed by atoms with E-state index in [2.05, 4.69) is 46.9 Å². The fraction of sp³-hybridized carbons (Fsp3) is 0.654. The van der Waals surface area contributed by atoms with Crippen LogP contribution in [0.1, 0.15) is 67.7 Å². The zero-order valence-electron chi connectivity index (χ0n) is 21.5. The largest absolute Gasteiger partial charge is 0.452 e. The van der Waals surface area contributed by atoms with Crippen molar-refractivity contribution in [2.75, 3.05) is 6.61 Å². The Hall–Kier alpha value is -1.47. The molecule has 1 fully saturated rings. The number of esters is 1. The summed E-state index contributed by atoms with van der Waals surface area (Å²) >= 11 is 0. The molecule has 1 saturated heterocycles. The quantitative estimate of drug-likeness (QED) is 0.190. The van der Waals surface area contributed by atoms with Gasteiger partial charge in [0.05, 0.1) is 18.3 Å². The molecule has 6 heteroatoms. The Morgan fingerprint density at radius 1 is 1.19 bits per heavy atom. The lowest BCUT2D eigenvalue weighted by atomic mass is 10.0. The van der Waals surface area contributed by atoms with Crippen molar-refractivity contribution in [3.8, 4) is 0 Å². The Morgan fingerprint density at radius 2 is 1.81 bits per heavy atom. The Labute approximate surface area is 196 Å². The molecule has 3 atom stereocenters. The number of carbonyl (C=O) groups excluding carboxylic acids is 1. The van der Waals surface area contributed by atoms with E-state index in [9.17, 15) is 9.90 Å². The molecule has 5 nitrogen and oxygen atoms in total. The minimum Gasteiger partial charge on any atom is -0.452 e. The summed E-state index contributed by atoms with van der Waals surface area (Å²) in [6.45, 7) is 19.0. The second kappa shape index (κ2) is 12.1. The van der Waals surface area contributed by atoms with Crippen molar-refractivity contribution in [3.63, 3.8) is 0 Å². The first-order valence-corrected chi connectivity index (χ1v) is 14.5. The molecule has 1 aliphatic rings. The minimum atomic E-state index is -2.05. The highest BCUT2D eigenvalue weighted by molar-refractivity contribution is 6.74. The van der Waals surface area contributed by atoms with Crippen LogP contribution in [-0.2, 0) is 14.0 Å². The van der Waals surface area contributed by atoms with E-state index in [-0.39, 0.29) is 17.7 Å². The van der Waals surface area contributed by atoms with Gasteiger partial charge in [0.25, 0.3) is 0 Å². The van der Waals surface area contributed by atoms with Gasteiger partial charge in [-0.05, 0) is 76.7 Å². The van der Waals surface area contributed by atoms with Gasteiger partial charge in [-0.15, -0.1) is 0 Å². The summed E-state index contributed by atoms with van der Waals surface area (Å²) in [7, 11) is -2.05. The van der Waals surface area contributed by atoms with Crippen LogP contribution in [0.4, 0.5) is 0 Å². The molecule has 32 heavy (non-hydrogen) atoms. The zero-order chi connectivity index (χ0) is 24.7. The molecule has 1 heterocycles. The molecule has 0 bridgehead atoms. The third-order valence-corrected chi connectivity index (χ3v) is 10.8. The average molecular weight is 465 g/mol. The van der Waals surface area contributed by atoms with Crippen molar-refractivity contribution in [1.29, 1.82) is 0 Å². The first-order valence-electron chi connectivity index (χ1n) is 11.5. The molecule has 2 N–H and O–H groups in total. The van der Waals surface area contributed by atoms with E-state index in [1.165, 1.54) is 0 Å². The van der Waals surface area contributed by atoms with Crippen molar-refractivity contribution >= 4 is 14.3 Å². The third-order valence-electron chi connectivity index (χ3n) is 6.35. The first-order chi connectivity index (χ1) is 14.7. The van der Waals surface area contributed by atoms with Crippen LogP contribution < -0.4 is 0 Å². The third kappa shape index (κ3) is 8.47. The highest BCUT2D eigenvalue weighted by Gasteiger charge is 2.40. The molecule has 0 amide bonds. The van der Waals surface area contributed by atoms with Gasteiger partial charge in [0.2, 0.25) is 0 Å². The van der Waals surface area contributed by atoms with Crippen LogP contribution >= 0.6 is 0 Å². The molecule has 0 aromatic heterocycles. The minimum absolute atomic E-state index is 0.0550. The van der Waals surface area contributed by atoms with Crippen LogP contribution in [0.15, 0.2) is 46.6 Å². The molecule has 0 spiro atoms. The molecule has 0 radical (unpaired) electrons. The van der Waals surface area contributed by atoms with Crippen LogP contribution in [0.25, 0.3) is 0 Å². The molecular formula is C26H44O5Si. The highest BCUT2D eigenvalue weighted by atomic mass is 28.4. The summed E-state index contributed by atoms with van der Waals surface area (Å²) in [5.41, 5.74) is 3.57. The van der Waals surface area contributed by atoms with Gasteiger partial charge in [-0.1, -0.05) is 50.1 Å². The lowest BCUT2D eigenvalue weighted by molar-refractivity contribution is -0.137. The van der Waals surface area contributed by atoms with Gasteiger partial charge in [-0.25, -0.2) is 4.79 Å². The molecule has 0 unspecified atom stereocenters. The number of hydrogen-bond donors (Lipinski definition) is 2. The van der Waals surface area contributed by atoms with Gasteiger partial charge in [0.1, 0.15) is 6.10 Å². The molecule has 0 saturated carbocycles. The van der Waals surface area contributed by atoms with Crippen LogP contribution in [0, 0.1) is 0 Å². The van der Waals surface area contributed by atoms with E-state index in [0.29, 0.717) is 12.0 Å². The highest BCUT2D eigenvalue weighted by Crippen LogP contribution is 2.39. The number of rotatable bonds is 10. The van der Waals surface area contributed by atoms with Crippen molar-refractivity contribution < 1.29 is 24.2 Å². The van der Waals surface area contributed by atoms with Crippen LogP contribution in [0.3, 0.4) is 0 Å². The van der Waals surface area contributed by atoms with E-state index in [1.807, 2.05) is 26.8 Å². The molecule has 0 aromatic rings. The van der Waals surface area contributed by atoms with Crippen molar-refractivity contribution in [2.45, 2.75) is 104 Å². The fourth-order valence-corrected chi connectivity index (χ4v) is 4.57. The molecular weight excluding hydrogens is 420 g/mol. The van der Waals surface area contributed by atoms with Crippen LogP contribution in [0.2, 0.25) is 18.1 Å². The van der Waals surface area contributed by atoms with Gasteiger partial charge < -0.3 is 19.4 Å². The number of allylic oxidation sites excluding steroid dienone is 3. The van der Waals surface area contributed by atoms with E-state index >= 15 is 0 Å². The number of cyclic esters (lactones) is 1. The summed E-state index contributed by atoms with van der Waals surface area (Å²) in [5.74, 6) is -0.461. The standard InChI is InChI=1S/C26H44O5Si/c1-18(2)17-23-24(28)21(25(29)30-23)13-14-22(31-32(8,9)26(5,6)7)20(4)12-10-11-19(3)15-16-27/h12-13,15,17,22-24,27-28H,10-11,14,16H2,1-9H3/b19-15-,20-12+,21-13+/t22-,23+,24+/m0/s1. The van der Waals surface area contributed by atoms with Crippen molar-refractivity contribution in [1.82, 2.24) is 0 Å². The second-order valence-corrected chi connectivity index (χ2v) is 15.3. The Morgan fingerprint density at radius 3 is 2.34 bits per heavy atom. The van der Waals surface area contributed by atoms with Crippen LogP contribution in [-0.4, -0.2) is 49.4 Å². The normalized spacial score (nSPS) is 22.8. The summed E-state index contributed by atoms with van der Waals surface area (Å²) in [4.78, 5) is 12.4. The fourth-order valence-electron chi connectivity index (χ4n) is 3.22. The van der Waals surface area contributed by atoms with E-state index in [0.717, 1.165) is 29.6 Å². The average Bonchev–Trinajstić information content (AvgIpc) is 2.90. The first kappa shape index (κ1) is 28.6. The number of aliphatic hydroxyl groups excluding tert-OH is 2. The SMILES string of the molecule is CC(C)=C[C@H]1OC(=O)/C(=C/C[C@H](O[Si](C)(C)C(C)(C)C)/C(C)=C/CC/C(C)=C\CO)[C@H]1O. The Bertz CT molecular complexity index is 764. The Balaban J connectivity index is 3.10. The molecule has 182 valence electrons. The van der Waals surface area contributed by atoms with E-state index in [1.54, 1.807) is 12.2 Å². The summed E-state index contributed by atoms with van der Waals surface area (Å²) in [5, 5.41) is 19.7. The van der Waals surface area contributed by atoms with E-state index < -0.39 is 26.5 Å². The number of hydrogen-bond acceptors (Lipinski definition) is 5. The predicted octanol–water partition coefficient (Wildman–Crippen LogP) is 5.61. The van der Waals surface area contributed by atoms with Crippen LogP contribution in [0.5, 0.6) is 0 Å². The van der Waals surface area contributed by atoms with Gasteiger partial charge in [-0.2, -0.15) is 0 Å².